The molecule has 1 heterocycles. The second kappa shape index (κ2) is 6.91. The number of nitrogens with zero attached hydrogens (tertiary/aromatic N) is 1. The third-order valence-electron chi connectivity index (χ3n) is 3.04. The van der Waals surface area contributed by atoms with E-state index in [-0.39, 0.29) is 10.9 Å². The van der Waals surface area contributed by atoms with Crippen LogP contribution >= 0.6 is 34.5 Å². The van der Waals surface area contributed by atoms with Crippen molar-refractivity contribution >= 4 is 46.4 Å². The van der Waals surface area contributed by atoms with E-state index in [1.165, 1.54) is 22.4 Å². The molecule has 0 aliphatic carbocycles. The van der Waals surface area contributed by atoms with Crippen molar-refractivity contribution in [3.05, 3.63) is 56.2 Å². The molecule has 4 nitrogen and oxygen atoms in total. The van der Waals surface area contributed by atoms with Gasteiger partial charge in [-0.15, -0.1) is 0 Å². The summed E-state index contributed by atoms with van der Waals surface area (Å²) < 4.78 is 0. The zero-order chi connectivity index (χ0) is 17.2. The van der Waals surface area contributed by atoms with Crippen LogP contribution in [0.2, 0.25) is 10.0 Å². The Morgan fingerprint density at radius 3 is 2.30 bits per heavy atom. The number of hydrogen-bond acceptors (Lipinski definition) is 3. The molecule has 0 atom stereocenters. The van der Waals surface area contributed by atoms with Crippen LogP contribution in [0.4, 0.5) is 0 Å². The molecule has 122 valence electrons. The molecule has 7 heteroatoms. The first kappa shape index (κ1) is 17.8. The van der Waals surface area contributed by atoms with Gasteiger partial charge in [-0.25, -0.2) is 5.01 Å². The molecular formula is C16H16Cl2N2O2S. The summed E-state index contributed by atoms with van der Waals surface area (Å²) in [5, 5.41) is 5.53. The highest BCUT2D eigenvalue weighted by Crippen LogP contribution is 2.23. The zero-order valence-corrected chi connectivity index (χ0v) is 15.2. The van der Waals surface area contributed by atoms with Crippen molar-refractivity contribution in [1.82, 2.24) is 10.4 Å². The van der Waals surface area contributed by atoms with E-state index >= 15 is 0 Å². The molecule has 0 fully saturated rings. The number of nitrogens with one attached hydrogen (secondary N) is 1. The number of carbonyl (C=O) groups is 2. The van der Waals surface area contributed by atoms with Gasteiger partial charge in [0.25, 0.3) is 11.8 Å². The molecule has 1 aromatic heterocycles. The minimum absolute atomic E-state index is 0.271. The van der Waals surface area contributed by atoms with Gasteiger partial charge in [0.2, 0.25) is 0 Å². The summed E-state index contributed by atoms with van der Waals surface area (Å²) >= 11 is 13.2. The average Bonchev–Trinajstić information content (AvgIpc) is 2.99. The van der Waals surface area contributed by atoms with Gasteiger partial charge in [-0.3, -0.25) is 15.0 Å². The van der Waals surface area contributed by atoms with E-state index in [9.17, 15) is 9.59 Å². The standard InChI is InChI=1S/C16H16Cl2N2O2S/c1-16(2,3)20(15(22)11-6-7-23-9-11)19-14(21)10-4-5-12(17)13(18)8-10/h4-9H,1-3H3,(H,19,21). The molecular weight excluding hydrogens is 355 g/mol. The van der Waals surface area contributed by atoms with Gasteiger partial charge in [-0.1, -0.05) is 23.2 Å². The van der Waals surface area contributed by atoms with Gasteiger partial charge >= 0.3 is 0 Å². The topological polar surface area (TPSA) is 49.4 Å². The molecule has 1 N–H and O–H groups in total. The fourth-order valence-corrected chi connectivity index (χ4v) is 2.77. The van der Waals surface area contributed by atoms with E-state index in [2.05, 4.69) is 5.43 Å². The normalized spacial score (nSPS) is 11.2. The summed E-state index contributed by atoms with van der Waals surface area (Å²) in [6, 6.07) is 6.28. The molecule has 0 bridgehead atoms. The molecule has 0 unspecified atom stereocenters. The molecule has 2 amide bonds. The van der Waals surface area contributed by atoms with E-state index in [0.29, 0.717) is 16.1 Å². The van der Waals surface area contributed by atoms with Gasteiger partial charge < -0.3 is 0 Å². The lowest BCUT2D eigenvalue weighted by Crippen LogP contribution is -2.55. The summed E-state index contributed by atoms with van der Waals surface area (Å²) in [5.74, 6) is -0.700. The molecule has 0 aliphatic rings. The lowest BCUT2D eigenvalue weighted by molar-refractivity contribution is 0.0359. The Bertz CT molecular complexity index is 724. The number of hydrogen-bond donors (Lipinski definition) is 1. The fraction of sp³-hybridized carbons (Fsp3) is 0.250. The van der Waals surface area contributed by atoms with Gasteiger partial charge in [0.05, 0.1) is 21.1 Å². The summed E-state index contributed by atoms with van der Waals surface area (Å²) in [5.41, 5.74) is 2.92. The summed E-state index contributed by atoms with van der Waals surface area (Å²) in [7, 11) is 0. The Labute approximate surface area is 149 Å². The smallest absolute Gasteiger partial charge is 0.267 e. The maximum absolute atomic E-state index is 12.6. The molecule has 1 aromatic carbocycles. The third kappa shape index (κ3) is 4.25. The maximum atomic E-state index is 12.6. The lowest BCUT2D eigenvalue weighted by Gasteiger charge is -2.35. The van der Waals surface area contributed by atoms with Crippen LogP contribution in [0.5, 0.6) is 0 Å². The van der Waals surface area contributed by atoms with Crippen molar-refractivity contribution in [2.75, 3.05) is 0 Å². The Morgan fingerprint density at radius 1 is 1.09 bits per heavy atom. The first-order chi connectivity index (χ1) is 10.7. The number of halogens is 2. The molecule has 0 saturated heterocycles. The van der Waals surface area contributed by atoms with Crippen molar-refractivity contribution in [2.45, 2.75) is 26.3 Å². The SMILES string of the molecule is CC(C)(C)N(NC(=O)c1ccc(Cl)c(Cl)c1)C(=O)c1ccsc1. The van der Waals surface area contributed by atoms with E-state index in [0.717, 1.165) is 0 Å². The van der Waals surface area contributed by atoms with Gasteiger partial charge in [-0.05, 0) is 50.4 Å². The maximum Gasteiger partial charge on any atom is 0.273 e. The Morgan fingerprint density at radius 2 is 1.78 bits per heavy atom. The van der Waals surface area contributed by atoms with Crippen LogP contribution in [0.15, 0.2) is 35.0 Å². The van der Waals surface area contributed by atoms with E-state index in [1.54, 1.807) is 23.6 Å². The Hall–Kier alpha value is -1.56. The minimum atomic E-state index is -0.592. The number of rotatable bonds is 2. The lowest BCUT2D eigenvalue weighted by atomic mass is 10.1. The van der Waals surface area contributed by atoms with Crippen LogP contribution in [0.25, 0.3) is 0 Å². The van der Waals surface area contributed by atoms with Gasteiger partial charge in [0.1, 0.15) is 0 Å². The van der Waals surface area contributed by atoms with Crippen molar-refractivity contribution in [3.63, 3.8) is 0 Å². The first-order valence-electron chi connectivity index (χ1n) is 6.83. The predicted octanol–water partition coefficient (Wildman–Crippen LogP) is 4.64. The Balaban J connectivity index is 2.26. The zero-order valence-electron chi connectivity index (χ0n) is 12.9. The number of hydrazine groups is 1. The van der Waals surface area contributed by atoms with Crippen molar-refractivity contribution < 1.29 is 9.59 Å². The number of thiophene rings is 1. The van der Waals surface area contributed by atoms with Gasteiger partial charge in [0, 0.05) is 10.9 Å². The average molecular weight is 371 g/mol. The van der Waals surface area contributed by atoms with Gasteiger partial charge in [0.15, 0.2) is 0 Å². The minimum Gasteiger partial charge on any atom is -0.267 e. The molecule has 0 aliphatic heterocycles. The fourth-order valence-electron chi connectivity index (χ4n) is 1.84. The first-order valence-corrected chi connectivity index (χ1v) is 8.53. The summed E-state index contributed by atoms with van der Waals surface area (Å²) in [6.45, 7) is 5.52. The molecule has 23 heavy (non-hydrogen) atoms. The van der Waals surface area contributed by atoms with E-state index < -0.39 is 11.4 Å². The van der Waals surface area contributed by atoms with Crippen LogP contribution in [0.3, 0.4) is 0 Å². The molecule has 2 rings (SSSR count). The van der Waals surface area contributed by atoms with Crippen LogP contribution in [-0.4, -0.2) is 22.4 Å². The number of carbonyl (C=O) groups excluding carboxylic acids is 2. The Kier molecular flexibility index (Phi) is 5.34. The molecule has 0 radical (unpaired) electrons. The van der Waals surface area contributed by atoms with Crippen molar-refractivity contribution in [2.24, 2.45) is 0 Å². The summed E-state index contributed by atoms with van der Waals surface area (Å²) in [4.78, 5) is 25.0. The largest absolute Gasteiger partial charge is 0.273 e. The van der Waals surface area contributed by atoms with Crippen LogP contribution in [0.1, 0.15) is 41.5 Å². The van der Waals surface area contributed by atoms with Crippen LogP contribution < -0.4 is 5.43 Å². The van der Waals surface area contributed by atoms with Crippen LogP contribution in [0, 0.1) is 0 Å². The summed E-state index contributed by atoms with van der Waals surface area (Å²) in [6.07, 6.45) is 0. The van der Waals surface area contributed by atoms with Crippen LogP contribution in [-0.2, 0) is 0 Å². The molecule has 0 saturated carbocycles. The second-order valence-corrected chi connectivity index (χ2v) is 7.49. The molecule has 2 aromatic rings. The quantitative estimate of drug-likeness (QED) is 0.782. The van der Waals surface area contributed by atoms with Crippen molar-refractivity contribution in [1.29, 1.82) is 0 Å². The predicted molar refractivity (Wildman–Crippen MR) is 94.2 cm³/mol. The third-order valence-corrected chi connectivity index (χ3v) is 4.46. The van der Waals surface area contributed by atoms with Crippen molar-refractivity contribution in [3.8, 4) is 0 Å². The highest BCUT2D eigenvalue weighted by Gasteiger charge is 2.29. The van der Waals surface area contributed by atoms with Gasteiger partial charge in [-0.2, -0.15) is 11.3 Å². The highest BCUT2D eigenvalue weighted by atomic mass is 35.5. The van der Waals surface area contributed by atoms with E-state index in [4.69, 9.17) is 23.2 Å². The van der Waals surface area contributed by atoms with E-state index in [1.807, 2.05) is 26.2 Å². The monoisotopic (exact) mass is 370 g/mol. The number of amides is 2. The second-order valence-electron chi connectivity index (χ2n) is 5.89. The molecule has 0 spiro atoms. The highest BCUT2D eigenvalue weighted by molar-refractivity contribution is 7.08. The number of benzene rings is 1.